The first-order chi connectivity index (χ1) is 7.11. The van der Waals surface area contributed by atoms with Crippen molar-refractivity contribution in [3.8, 4) is 0 Å². The molecule has 0 aromatic heterocycles. The van der Waals surface area contributed by atoms with Gasteiger partial charge in [0.15, 0.2) is 0 Å². The van der Waals surface area contributed by atoms with Gasteiger partial charge in [-0.1, -0.05) is 0 Å². The van der Waals surface area contributed by atoms with Crippen LogP contribution in [0.15, 0.2) is 0 Å². The number of rotatable bonds is 4. The zero-order valence-electron chi connectivity index (χ0n) is 9.74. The van der Waals surface area contributed by atoms with E-state index in [0.717, 1.165) is 25.1 Å². The fourth-order valence-electron chi connectivity index (χ4n) is 1.88. The third kappa shape index (κ3) is 4.43. The van der Waals surface area contributed by atoms with Crippen LogP contribution >= 0.6 is 11.8 Å². The summed E-state index contributed by atoms with van der Waals surface area (Å²) in [7, 11) is 0. The first-order valence-electron chi connectivity index (χ1n) is 5.74. The fourth-order valence-corrected chi connectivity index (χ4v) is 2.71. The summed E-state index contributed by atoms with van der Waals surface area (Å²) in [5, 5.41) is 0. The predicted molar refractivity (Wildman–Crippen MR) is 66.0 cm³/mol. The van der Waals surface area contributed by atoms with E-state index in [-0.39, 0.29) is 11.9 Å². The molecule has 88 valence electrons. The maximum atomic E-state index is 11.9. The highest BCUT2D eigenvalue weighted by atomic mass is 32.2. The highest BCUT2D eigenvalue weighted by Gasteiger charge is 2.22. The van der Waals surface area contributed by atoms with Crippen molar-refractivity contribution in [2.45, 2.75) is 45.2 Å². The van der Waals surface area contributed by atoms with Crippen LogP contribution in [0.25, 0.3) is 0 Å². The summed E-state index contributed by atoms with van der Waals surface area (Å²) in [5.74, 6) is 1.74. The maximum Gasteiger partial charge on any atom is 0.232 e. The van der Waals surface area contributed by atoms with Gasteiger partial charge in [0.25, 0.3) is 0 Å². The number of amides is 1. The van der Waals surface area contributed by atoms with Gasteiger partial charge in [0.05, 0.1) is 5.75 Å². The van der Waals surface area contributed by atoms with Gasteiger partial charge in [0.1, 0.15) is 0 Å². The van der Waals surface area contributed by atoms with Gasteiger partial charge in [0.2, 0.25) is 5.91 Å². The Balaban J connectivity index is 2.26. The van der Waals surface area contributed by atoms with Crippen molar-refractivity contribution in [2.24, 2.45) is 5.73 Å². The molecule has 0 spiro atoms. The van der Waals surface area contributed by atoms with Gasteiger partial charge in [-0.05, 0) is 33.1 Å². The Hall–Kier alpha value is -0.220. The molecule has 4 heteroatoms. The van der Waals surface area contributed by atoms with Crippen LogP contribution in [0.4, 0.5) is 0 Å². The van der Waals surface area contributed by atoms with Crippen LogP contribution < -0.4 is 5.73 Å². The Bertz CT molecular complexity index is 209. The van der Waals surface area contributed by atoms with Crippen molar-refractivity contribution in [2.75, 3.05) is 18.1 Å². The number of likely N-dealkylation sites (tertiary alicyclic amines) is 1. The van der Waals surface area contributed by atoms with Crippen molar-refractivity contribution in [1.29, 1.82) is 0 Å². The normalized spacial score (nSPS) is 23.9. The van der Waals surface area contributed by atoms with Gasteiger partial charge < -0.3 is 10.6 Å². The van der Waals surface area contributed by atoms with Gasteiger partial charge in [-0.25, -0.2) is 0 Å². The summed E-state index contributed by atoms with van der Waals surface area (Å²) < 4.78 is 0. The molecule has 15 heavy (non-hydrogen) atoms. The summed E-state index contributed by atoms with van der Waals surface area (Å²) in [4.78, 5) is 13.9. The summed E-state index contributed by atoms with van der Waals surface area (Å²) in [6.07, 6.45) is 3.58. The van der Waals surface area contributed by atoms with E-state index in [1.165, 1.54) is 6.42 Å². The molecule has 2 N–H and O–H groups in total. The van der Waals surface area contributed by atoms with Gasteiger partial charge >= 0.3 is 0 Å². The van der Waals surface area contributed by atoms with Crippen molar-refractivity contribution >= 4 is 17.7 Å². The molecule has 0 radical (unpaired) electrons. The molecule has 0 aromatic rings. The standard InChI is InChI=1S/C11H22N2OS/c1-9(12)7-15-8-11(14)13-6-4-3-5-10(13)2/h9-10H,3-8,12H2,1-2H3. The topological polar surface area (TPSA) is 46.3 Å². The molecule has 1 aliphatic rings. The minimum atomic E-state index is 0.182. The lowest BCUT2D eigenvalue weighted by molar-refractivity contribution is -0.131. The quantitative estimate of drug-likeness (QED) is 0.795. The molecule has 1 rings (SSSR count). The second kappa shape index (κ2) is 6.38. The highest BCUT2D eigenvalue weighted by molar-refractivity contribution is 7.99. The van der Waals surface area contributed by atoms with Gasteiger partial charge in [-0.2, -0.15) is 11.8 Å². The Morgan fingerprint density at radius 2 is 2.33 bits per heavy atom. The molecule has 0 saturated carbocycles. The Kier molecular flexibility index (Phi) is 5.47. The lowest BCUT2D eigenvalue weighted by Gasteiger charge is -2.33. The smallest absolute Gasteiger partial charge is 0.232 e. The van der Waals surface area contributed by atoms with E-state index in [1.807, 2.05) is 11.8 Å². The number of nitrogens with zero attached hydrogens (tertiary/aromatic N) is 1. The average Bonchev–Trinajstić information content (AvgIpc) is 2.17. The lowest BCUT2D eigenvalue weighted by Crippen LogP contribution is -2.43. The zero-order chi connectivity index (χ0) is 11.3. The van der Waals surface area contributed by atoms with Gasteiger partial charge in [0, 0.05) is 24.4 Å². The van der Waals surface area contributed by atoms with E-state index in [4.69, 9.17) is 5.73 Å². The Labute approximate surface area is 96.8 Å². The first-order valence-corrected chi connectivity index (χ1v) is 6.89. The number of nitrogens with two attached hydrogens (primary N) is 1. The molecule has 1 heterocycles. The van der Waals surface area contributed by atoms with E-state index in [9.17, 15) is 4.79 Å². The van der Waals surface area contributed by atoms with Crippen LogP contribution in [-0.2, 0) is 4.79 Å². The number of thioether (sulfide) groups is 1. The second-order valence-electron chi connectivity index (χ2n) is 4.42. The SMILES string of the molecule is CC(N)CSCC(=O)N1CCCCC1C. The molecule has 0 aromatic carbocycles. The lowest BCUT2D eigenvalue weighted by atomic mass is 10.0. The third-order valence-electron chi connectivity index (χ3n) is 2.73. The van der Waals surface area contributed by atoms with Crippen LogP contribution in [0.1, 0.15) is 33.1 Å². The fraction of sp³-hybridized carbons (Fsp3) is 0.909. The van der Waals surface area contributed by atoms with Gasteiger partial charge in [-0.15, -0.1) is 0 Å². The molecular formula is C11H22N2OS. The average molecular weight is 230 g/mol. The van der Waals surface area contributed by atoms with E-state index in [1.54, 1.807) is 11.8 Å². The highest BCUT2D eigenvalue weighted by Crippen LogP contribution is 2.17. The minimum Gasteiger partial charge on any atom is -0.339 e. The molecular weight excluding hydrogens is 208 g/mol. The third-order valence-corrected chi connectivity index (χ3v) is 3.94. The minimum absolute atomic E-state index is 0.182. The molecule has 0 aliphatic carbocycles. The van der Waals surface area contributed by atoms with Crippen LogP contribution in [0.3, 0.4) is 0 Å². The van der Waals surface area contributed by atoms with E-state index < -0.39 is 0 Å². The number of carbonyl (C=O) groups is 1. The summed E-state index contributed by atoms with van der Waals surface area (Å²) in [5.41, 5.74) is 5.64. The molecule has 1 fully saturated rings. The van der Waals surface area contributed by atoms with Crippen LogP contribution in [-0.4, -0.2) is 40.9 Å². The maximum absolute atomic E-state index is 11.9. The number of hydrogen-bond acceptors (Lipinski definition) is 3. The van der Waals surface area contributed by atoms with Crippen LogP contribution in [0.5, 0.6) is 0 Å². The van der Waals surface area contributed by atoms with Crippen molar-refractivity contribution in [3.05, 3.63) is 0 Å². The molecule has 3 nitrogen and oxygen atoms in total. The number of piperidine rings is 1. The molecule has 0 bridgehead atoms. The van der Waals surface area contributed by atoms with Crippen LogP contribution in [0, 0.1) is 0 Å². The molecule has 1 saturated heterocycles. The Morgan fingerprint density at radius 1 is 1.60 bits per heavy atom. The van der Waals surface area contributed by atoms with E-state index in [2.05, 4.69) is 6.92 Å². The molecule has 2 atom stereocenters. The molecule has 1 aliphatic heterocycles. The largest absolute Gasteiger partial charge is 0.339 e. The summed E-state index contributed by atoms with van der Waals surface area (Å²) in [6, 6.07) is 0.615. The van der Waals surface area contributed by atoms with E-state index >= 15 is 0 Å². The van der Waals surface area contributed by atoms with Crippen LogP contribution in [0.2, 0.25) is 0 Å². The van der Waals surface area contributed by atoms with Crippen molar-refractivity contribution < 1.29 is 4.79 Å². The van der Waals surface area contributed by atoms with Crippen molar-refractivity contribution in [1.82, 2.24) is 4.90 Å². The first kappa shape index (κ1) is 12.8. The number of carbonyl (C=O) groups excluding carboxylic acids is 1. The van der Waals surface area contributed by atoms with E-state index in [0.29, 0.717) is 11.8 Å². The second-order valence-corrected chi connectivity index (χ2v) is 5.45. The Morgan fingerprint density at radius 3 is 2.93 bits per heavy atom. The summed E-state index contributed by atoms with van der Waals surface area (Å²) in [6.45, 7) is 5.06. The monoisotopic (exact) mass is 230 g/mol. The molecule has 1 amide bonds. The molecule has 2 unspecified atom stereocenters. The summed E-state index contributed by atoms with van der Waals surface area (Å²) >= 11 is 1.65. The predicted octanol–water partition coefficient (Wildman–Crippen LogP) is 1.47. The number of hydrogen-bond donors (Lipinski definition) is 1. The zero-order valence-corrected chi connectivity index (χ0v) is 10.6. The van der Waals surface area contributed by atoms with Crippen molar-refractivity contribution in [3.63, 3.8) is 0 Å². The van der Waals surface area contributed by atoms with Gasteiger partial charge in [-0.3, -0.25) is 4.79 Å².